The standard InChI is InChI=1S/C19H31ClO3/c1-5-6-7-8-9-13-16-18(20,17-14-11-10-12-15-17)19(21-2,22-3)23-4/h10-12,14-15H,5-9,13,16H2,1-4H3. The van der Waals surface area contributed by atoms with Gasteiger partial charge in [0.05, 0.1) is 0 Å². The molecule has 0 aliphatic heterocycles. The molecular weight excluding hydrogens is 312 g/mol. The minimum atomic E-state index is -1.31. The number of benzene rings is 1. The summed E-state index contributed by atoms with van der Waals surface area (Å²) in [7, 11) is 4.69. The number of halogens is 1. The van der Waals surface area contributed by atoms with Crippen molar-refractivity contribution in [3.63, 3.8) is 0 Å². The molecule has 1 aromatic carbocycles. The van der Waals surface area contributed by atoms with E-state index >= 15 is 0 Å². The molecule has 0 saturated heterocycles. The topological polar surface area (TPSA) is 27.7 Å². The molecule has 0 N–H and O–H groups in total. The van der Waals surface area contributed by atoms with Crippen LogP contribution in [-0.4, -0.2) is 27.3 Å². The SMILES string of the molecule is CCCCCCCCC(Cl)(c1ccccc1)C(OC)(OC)OC. The third kappa shape index (κ3) is 4.93. The van der Waals surface area contributed by atoms with E-state index in [1.807, 2.05) is 30.3 Å². The highest BCUT2D eigenvalue weighted by atomic mass is 35.5. The minimum Gasteiger partial charge on any atom is -0.329 e. The first kappa shape index (κ1) is 20.4. The summed E-state index contributed by atoms with van der Waals surface area (Å²) in [6.45, 7) is 2.23. The molecule has 1 unspecified atom stereocenters. The van der Waals surface area contributed by atoms with Crippen molar-refractivity contribution in [2.75, 3.05) is 21.3 Å². The Morgan fingerprint density at radius 1 is 0.826 bits per heavy atom. The minimum absolute atomic E-state index is 0.722. The third-order valence-electron chi connectivity index (χ3n) is 4.40. The Balaban J connectivity index is 2.89. The summed E-state index contributed by atoms with van der Waals surface area (Å²) < 4.78 is 16.7. The van der Waals surface area contributed by atoms with Gasteiger partial charge in [0.15, 0.2) is 4.87 Å². The molecule has 0 aliphatic carbocycles. The van der Waals surface area contributed by atoms with Crippen LogP contribution in [0.25, 0.3) is 0 Å². The number of hydrogen-bond donors (Lipinski definition) is 0. The monoisotopic (exact) mass is 342 g/mol. The van der Waals surface area contributed by atoms with Gasteiger partial charge in [-0.1, -0.05) is 75.8 Å². The highest BCUT2D eigenvalue weighted by Crippen LogP contribution is 2.46. The molecule has 4 heteroatoms. The van der Waals surface area contributed by atoms with Crippen molar-refractivity contribution in [1.82, 2.24) is 0 Å². The molecule has 0 amide bonds. The number of hydrogen-bond acceptors (Lipinski definition) is 3. The van der Waals surface area contributed by atoms with Gasteiger partial charge in [-0.15, -0.1) is 11.6 Å². The summed E-state index contributed by atoms with van der Waals surface area (Å²) in [5.41, 5.74) is 0.945. The zero-order valence-electron chi connectivity index (χ0n) is 14.9. The fourth-order valence-electron chi connectivity index (χ4n) is 3.06. The van der Waals surface area contributed by atoms with Gasteiger partial charge < -0.3 is 14.2 Å². The Labute approximate surface area is 146 Å². The highest BCUT2D eigenvalue weighted by Gasteiger charge is 2.53. The van der Waals surface area contributed by atoms with Gasteiger partial charge in [-0.3, -0.25) is 0 Å². The summed E-state index contributed by atoms with van der Waals surface area (Å²) in [4.78, 5) is -0.892. The van der Waals surface area contributed by atoms with Crippen LogP contribution in [0.15, 0.2) is 30.3 Å². The van der Waals surface area contributed by atoms with Crippen LogP contribution in [-0.2, 0) is 19.1 Å². The normalized spacial score (nSPS) is 14.7. The zero-order chi connectivity index (χ0) is 17.2. The van der Waals surface area contributed by atoms with Gasteiger partial charge in [-0.25, -0.2) is 0 Å². The maximum atomic E-state index is 7.05. The lowest BCUT2D eigenvalue weighted by molar-refractivity contribution is -0.374. The zero-order valence-corrected chi connectivity index (χ0v) is 15.7. The van der Waals surface area contributed by atoms with Crippen LogP contribution in [0.1, 0.15) is 57.4 Å². The second kappa shape index (κ2) is 10.3. The number of alkyl halides is 1. The van der Waals surface area contributed by atoms with Gasteiger partial charge in [-0.2, -0.15) is 0 Å². The van der Waals surface area contributed by atoms with E-state index in [1.54, 1.807) is 21.3 Å². The van der Waals surface area contributed by atoms with E-state index in [4.69, 9.17) is 25.8 Å². The summed E-state index contributed by atoms with van der Waals surface area (Å²) in [5, 5.41) is 0. The third-order valence-corrected chi connectivity index (χ3v) is 5.04. The summed E-state index contributed by atoms with van der Waals surface area (Å²) in [6, 6.07) is 9.91. The average molecular weight is 343 g/mol. The number of rotatable bonds is 12. The molecule has 0 saturated carbocycles. The number of methoxy groups -OCH3 is 3. The molecule has 1 aromatic rings. The Bertz CT molecular complexity index is 412. The molecule has 1 rings (SSSR count). The lowest BCUT2D eigenvalue weighted by atomic mass is 9.89. The molecule has 0 bridgehead atoms. The van der Waals surface area contributed by atoms with Crippen LogP contribution in [0, 0.1) is 0 Å². The molecule has 23 heavy (non-hydrogen) atoms. The Morgan fingerprint density at radius 2 is 1.35 bits per heavy atom. The predicted molar refractivity (Wildman–Crippen MR) is 95.7 cm³/mol. The van der Waals surface area contributed by atoms with E-state index in [9.17, 15) is 0 Å². The molecule has 1 atom stereocenters. The predicted octanol–water partition coefficient (Wildman–Crippen LogP) is 5.46. The lowest BCUT2D eigenvalue weighted by Crippen LogP contribution is -2.52. The van der Waals surface area contributed by atoms with Crippen LogP contribution in [0.3, 0.4) is 0 Å². The van der Waals surface area contributed by atoms with E-state index in [-0.39, 0.29) is 0 Å². The molecule has 0 spiro atoms. The fourth-order valence-corrected chi connectivity index (χ4v) is 3.55. The van der Waals surface area contributed by atoms with E-state index in [0.29, 0.717) is 0 Å². The maximum absolute atomic E-state index is 7.05. The molecule has 0 fully saturated rings. The van der Waals surface area contributed by atoms with Crippen molar-refractivity contribution in [3.8, 4) is 0 Å². The maximum Gasteiger partial charge on any atom is 0.306 e. The van der Waals surface area contributed by atoms with E-state index in [0.717, 1.165) is 24.8 Å². The highest BCUT2D eigenvalue weighted by molar-refractivity contribution is 6.24. The number of ether oxygens (including phenoxy) is 3. The van der Waals surface area contributed by atoms with Gasteiger partial charge in [-0.05, 0) is 12.0 Å². The quantitative estimate of drug-likeness (QED) is 0.286. The molecule has 3 nitrogen and oxygen atoms in total. The van der Waals surface area contributed by atoms with Gasteiger partial charge in [0.25, 0.3) is 0 Å². The summed E-state index contributed by atoms with van der Waals surface area (Å²) in [5.74, 6) is -1.31. The van der Waals surface area contributed by atoms with Crippen LogP contribution in [0.2, 0.25) is 0 Å². The summed E-state index contributed by atoms with van der Waals surface area (Å²) >= 11 is 7.05. The molecule has 0 aromatic heterocycles. The Hall–Kier alpha value is -0.610. The molecule has 0 heterocycles. The molecule has 132 valence electrons. The smallest absolute Gasteiger partial charge is 0.306 e. The fraction of sp³-hybridized carbons (Fsp3) is 0.684. The first-order valence-corrected chi connectivity index (χ1v) is 8.88. The molecule has 0 aliphatic rings. The largest absolute Gasteiger partial charge is 0.329 e. The van der Waals surface area contributed by atoms with Crippen LogP contribution < -0.4 is 0 Å². The first-order valence-electron chi connectivity index (χ1n) is 8.50. The molecule has 0 radical (unpaired) electrons. The first-order chi connectivity index (χ1) is 11.1. The van der Waals surface area contributed by atoms with Crippen molar-refractivity contribution in [2.45, 2.75) is 62.7 Å². The van der Waals surface area contributed by atoms with Crippen LogP contribution >= 0.6 is 11.6 Å². The van der Waals surface area contributed by atoms with Crippen molar-refractivity contribution in [1.29, 1.82) is 0 Å². The van der Waals surface area contributed by atoms with E-state index in [2.05, 4.69) is 6.92 Å². The van der Waals surface area contributed by atoms with Crippen molar-refractivity contribution in [3.05, 3.63) is 35.9 Å². The number of unbranched alkanes of at least 4 members (excludes halogenated alkanes) is 5. The second-order valence-electron chi connectivity index (χ2n) is 5.85. The average Bonchev–Trinajstić information content (AvgIpc) is 2.60. The van der Waals surface area contributed by atoms with E-state index in [1.165, 1.54) is 25.7 Å². The van der Waals surface area contributed by atoms with Crippen molar-refractivity contribution < 1.29 is 14.2 Å². The molecular formula is C19H31ClO3. The van der Waals surface area contributed by atoms with Crippen molar-refractivity contribution in [2.24, 2.45) is 0 Å². The van der Waals surface area contributed by atoms with Crippen LogP contribution in [0.4, 0.5) is 0 Å². The van der Waals surface area contributed by atoms with Gasteiger partial charge in [0.2, 0.25) is 0 Å². The Morgan fingerprint density at radius 3 is 1.87 bits per heavy atom. The van der Waals surface area contributed by atoms with E-state index < -0.39 is 10.8 Å². The van der Waals surface area contributed by atoms with Gasteiger partial charge in [0, 0.05) is 21.3 Å². The Kier molecular flexibility index (Phi) is 9.15. The second-order valence-corrected chi connectivity index (χ2v) is 6.50. The van der Waals surface area contributed by atoms with Crippen molar-refractivity contribution >= 4 is 11.6 Å². The van der Waals surface area contributed by atoms with Crippen LogP contribution in [0.5, 0.6) is 0 Å². The van der Waals surface area contributed by atoms with Gasteiger partial charge >= 0.3 is 5.97 Å². The summed E-state index contributed by atoms with van der Waals surface area (Å²) in [6.07, 6.45) is 7.93. The van der Waals surface area contributed by atoms with Gasteiger partial charge in [0.1, 0.15) is 0 Å². The lowest BCUT2D eigenvalue weighted by Gasteiger charge is -2.43.